The van der Waals surface area contributed by atoms with Crippen molar-refractivity contribution in [3.63, 3.8) is 0 Å². The van der Waals surface area contributed by atoms with Crippen LogP contribution in [0.3, 0.4) is 0 Å². The molecule has 2 N–H and O–H groups in total. The minimum absolute atomic E-state index is 0.494. The van der Waals surface area contributed by atoms with E-state index in [0.717, 1.165) is 18.0 Å². The molecule has 0 saturated heterocycles. The number of hydrogen-bond donors (Lipinski definition) is 1. The highest BCUT2D eigenvalue weighted by atomic mass is 35.5. The lowest BCUT2D eigenvalue weighted by Crippen LogP contribution is -2.17. The molecular formula is C11H12ClN. The van der Waals surface area contributed by atoms with Crippen molar-refractivity contribution in [1.29, 1.82) is 0 Å². The van der Waals surface area contributed by atoms with Gasteiger partial charge in [0.15, 0.2) is 0 Å². The van der Waals surface area contributed by atoms with Crippen LogP contribution in [0.4, 0.5) is 0 Å². The van der Waals surface area contributed by atoms with E-state index in [0.29, 0.717) is 5.92 Å². The lowest BCUT2D eigenvalue weighted by molar-refractivity contribution is 0.655. The zero-order chi connectivity index (χ0) is 9.26. The first-order valence-corrected chi connectivity index (χ1v) is 4.84. The molecule has 0 radical (unpaired) electrons. The molecule has 68 valence electrons. The Morgan fingerprint density at radius 2 is 2.31 bits per heavy atom. The second kappa shape index (κ2) is 3.52. The van der Waals surface area contributed by atoms with Crippen LogP contribution in [0.25, 0.3) is 6.08 Å². The number of rotatable bonds is 1. The number of hydrogen-bond acceptors (Lipinski definition) is 1. The van der Waals surface area contributed by atoms with Crippen molar-refractivity contribution in [2.45, 2.75) is 6.42 Å². The topological polar surface area (TPSA) is 26.0 Å². The summed E-state index contributed by atoms with van der Waals surface area (Å²) in [6.45, 7) is 0.721. The minimum Gasteiger partial charge on any atom is -0.330 e. The Morgan fingerprint density at radius 3 is 3.08 bits per heavy atom. The van der Waals surface area contributed by atoms with Crippen LogP contribution < -0.4 is 5.73 Å². The summed E-state index contributed by atoms with van der Waals surface area (Å²) in [6.07, 6.45) is 5.32. The molecule has 0 aromatic heterocycles. The first kappa shape index (κ1) is 8.79. The molecule has 1 aromatic carbocycles. The fourth-order valence-corrected chi connectivity index (χ4v) is 1.84. The van der Waals surface area contributed by atoms with E-state index >= 15 is 0 Å². The summed E-state index contributed by atoms with van der Waals surface area (Å²) in [5.41, 5.74) is 8.20. The molecular weight excluding hydrogens is 182 g/mol. The Balaban J connectivity index is 2.35. The van der Waals surface area contributed by atoms with Gasteiger partial charge >= 0.3 is 0 Å². The molecule has 0 spiro atoms. The predicted octanol–water partition coefficient (Wildman–Crippen LogP) is 2.48. The number of nitrogens with two attached hydrogens (primary N) is 1. The lowest BCUT2D eigenvalue weighted by Gasteiger charge is -2.17. The van der Waals surface area contributed by atoms with Gasteiger partial charge in [0, 0.05) is 5.02 Å². The smallest absolute Gasteiger partial charge is 0.0412 e. The van der Waals surface area contributed by atoms with E-state index in [-0.39, 0.29) is 0 Å². The van der Waals surface area contributed by atoms with Crippen molar-refractivity contribution in [2.75, 3.05) is 6.54 Å². The van der Waals surface area contributed by atoms with Gasteiger partial charge in [-0.05, 0) is 42.1 Å². The van der Waals surface area contributed by atoms with Crippen LogP contribution in [0.2, 0.25) is 5.02 Å². The van der Waals surface area contributed by atoms with E-state index in [2.05, 4.69) is 18.2 Å². The molecule has 2 heteroatoms. The highest BCUT2D eigenvalue weighted by molar-refractivity contribution is 6.30. The molecule has 0 fully saturated rings. The average molecular weight is 194 g/mol. The van der Waals surface area contributed by atoms with E-state index in [9.17, 15) is 0 Å². The van der Waals surface area contributed by atoms with Gasteiger partial charge in [0.25, 0.3) is 0 Å². The second-order valence-corrected chi connectivity index (χ2v) is 3.84. The van der Waals surface area contributed by atoms with Gasteiger partial charge in [-0.15, -0.1) is 0 Å². The van der Waals surface area contributed by atoms with Crippen molar-refractivity contribution in [1.82, 2.24) is 0 Å². The molecule has 2 rings (SSSR count). The quantitative estimate of drug-likeness (QED) is 0.729. The maximum Gasteiger partial charge on any atom is 0.0412 e. The number of halogens is 1. The van der Waals surface area contributed by atoms with Crippen LogP contribution in [0, 0.1) is 5.92 Å². The zero-order valence-corrected chi connectivity index (χ0v) is 8.09. The minimum atomic E-state index is 0.494. The first-order chi connectivity index (χ1) is 6.29. The standard InChI is InChI=1S/C11H12ClN/c12-11-4-3-9-5-8(7-13)1-2-10(9)6-11/h1-4,6,8H,5,7,13H2. The molecule has 1 unspecified atom stereocenters. The predicted molar refractivity (Wildman–Crippen MR) is 56.7 cm³/mol. The van der Waals surface area contributed by atoms with Crippen LogP contribution >= 0.6 is 11.6 Å². The molecule has 1 aliphatic carbocycles. The summed E-state index contributed by atoms with van der Waals surface area (Å²) >= 11 is 5.89. The molecule has 1 aromatic rings. The molecule has 1 nitrogen and oxygen atoms in total. The van der Waals surface area contributed by atoms with Gasteiger partial charge < -0.3 is 5.73 Å². The molecule has 0 aliphatic heterocycles. The van der Waals surface area contributed by atoms with Crippen molar-refractivity contribution >= 4 is 17.7 Å². The fraction of sp³-hybridized carbons (Fsp3) is 0.273. The van der Waals surface area contributed by atoms with Crippen molar-refractivity contribution < 1.29 is 0 Å². The van der Waals surface area contributed by atoms with E-state index in [1.807, 2.05) is 12.1 Å². The van der Waals surface area contributed by atoms with Gasteiger partial charge in [0.1, 0.15) is 0 Å². The monoisotopic (exact) mass is 193 g/mol. The highest BCUT2D eigenvalue weighted by Gasteiger charge is 2.11. The van der Waals surface area contributed by atoms with Crippen molar-refractivity contribution in [3.8, 4) is 0 Å². The van der Waals surface area contributed by atoms with Gasteiger partial charge in [0.05, 0.1) is 0 Å². The second-order valence-electron chi connectivity index (χ2n) is 3.40. The van der Waals surface area contributed by atoms with Gasteiger partial charge in [-0.3, -0.25) is 0 Å². The summed E-state index contributed by atoms with van der Waals surface area (Å²) in [4.78, 5) is 0. The Bertz CT molecular complexity index is 344. The maximum absolute atomic E-state index is 5.89. The van der Waals surface area contributed by atoms with Crippen LogP contribution in [0.1, 0.15) is 11.1 Å². The third kappa shape index (κ3) is 1.77. The average Bonchev–Trinajstić information content (AvgIpc) is 2.17. The fourth-order valence-electron chi connectivity index (χ4n) is 1.66. The Labute approximate surface area is 83.2 Å². The number of fused-ring (bicyclic) bond motifs is 1. The normalized spacial score (nSPS) is 20.0. The van der Waals surface area contributed by atoms with Crippen LogP contribution in [-0.2, 0) is 6.42 Å². The maximum atomic E-state index is 5.89. The molecule has 1 aliphatic rings. The summed E-state index contributed by atoms with van der Waals surface area (Å²) in [7, 11) is 0. The molecule has 0 amide bonds. The van der Waals surface area contributed by atoms with E-state index in [1.165, 1.54) is 11.1 Å². The van der Waals surface area contributed by atoms with Crippen LogP contribution in [0.5, 0.6) is 0 Å². The van der Waals surface area contributed by atoms with Gasteiger partial charge in [-0.1, -0.05) is 29.8 Å². The van der Waals surface area contributed by atoms with Crippen LogP contribution in [0.15, 0.2) is 24.3 Å². The van der Waals surface area contributed by atoms with E-state index in [4.69, 9.17) is 17.3 Å². The Kier molecular flexibility index (Phi) is 2.38. The molecule has 13 heavy (non-hydrogen) atoms. The van der Waals surface area contributed by atoms with Gasteiger partial charge in [-0.2, -0.15) is 0 Å². The summed E-state index contributed by atoms with van der Waals surface area (Å²) in [5, 5.41) is 0.801. The largest absolute Gasteiger partial charge is 0.330 e. The first-order valence-electron chi connectivity index (χ1n) is 4.46. The molecule has 1 atom stereocenters. The summed E-state index contributed by atoms with van der Waals surface area (Å²) < 4.78 is 0. The molecule has 0 heterocycles. The van der Waals surface area contributed by atoms with E-state index < -0.39 is 0 Å². The van der Waals surface area contributed by atoms with Gasteiger partial charge in [-0.25, -0.2) is 0 Å². The van der Waals surface area contributed by atoms with Crippen molar-refractivity contribution in [2.24, 2.45) is 11.7 Å². The number of benzene rings is 1. The summed E-state index contributed by atoms with van der Waals surface area (Å²) in [6, 6.07) is 6.02. The van der Waals surface area contributed by atoms with Gasteiger partial charge in [0.2, 0.25) is 0 Å². The Hall–Kier alpha value is -0.790. The lowest BCUT2D eigenvalue weighted by atomic mass is 9.90. The van der Waals surface area contributed by atoms with Crippen LogP contribution in [-0.4, -0.2) is 6.54 Å². The third-order valence-electron chi connectivity index (χ3n) is 2.44. The highest BCUT2D eigenvalue weighted by Crippen LogP contribution is 2.24. The summed E-state index contributed by atoms with van der Waals surface area (Å²) in [5.74, 6) is 0.494. The molecule has 0 bridgehead atoms. The zero-order valence-electron chi connectivity index (χ0n) is 7.33. The Morgan fingerprint density at radius 1 is 1.46 bits per heavy atom. The SMILES string of the molecule is NCC1C=Cc2cc(Cl)ccc2C1. The third-order valence-corrected chi connectivity index (χ3v) is 2.68. The molecule has 0 saturated carbocycles. The van der Waals surface area contributed by atoms with Crippen molar-refractivity contribution in [3.05, 3.63) is 40.4 Å². The van der Waals surface area contributed by atoms with E-state index in [1.54, 1.807) is 0 Å².